The number of nitrogens with zero attached hydrogens (tertiary/aromatic N) is 1. The minimum Gasteiger partial charge on any atom is -0.497 e. The van der Waals surface area contributed by atoms with Gasteiger partial charge in [0.05, 0.1) is 12.9 Å². The van der Waals surface area contributed by atoms with Crippen molar-refractivity contribution in [2.24, 2.45) is 0 Å². The van der Waals surface area contributed by atoms with Crippen molar-refractivity contribution in [1.82, 2.24) is 10.2 Å². The summed E-state index contributed by atoms with van der Waals surface area (Å²) in [7, 11) is 1.58. The lowest BCUT2D eigenvalue weighted by Crippen LogP contribution is -2.53. The molecule has 0 fully saturated rings. The van der Waals surface area contributed by atoms with Gasteiger partial charge in [0.15, 0.2) is 0 Å². The molecule has 0 radical (unpaired) electrons. The molecule has 0 bridgehead atoms. The van der Waals surface area contributed by atoms with Crippen molar-refractivity contribution in [3.8, 4) is 5.75 Å². The Labute approximate surface area is 205 Å². The number of methoxy groups -OCH3 is 1. The molecule has 2 aromatic carbocycles. The number of carbonyl (C=O) groups excluding carboxylic acids is 2. The number of thioether (sulfide) groups is 1. The second-order valence-corrected chi connectivity index (χ2v) is 10.1. The number of amides is 2. The van der Waals surface area contributed by atoms with Crippen molar-refractivity contribution in [2.45, 2.75) is 58.0 Å². The normalized spacial score (nSPS) is 12.2. The van der Waals surface area contributed by atoms with Gasteiger partial charge in [0.25, 0.3) is 0 Å². The second-order valence-electron chi connectivity index (χ2n) is 8.73. The van der Waals surface area contributed by atoms with E-state index >= 15 is 0 Å². The number of rotatable bonds is 10. The highest BCUT2D eigenvalue weighted by molar-refractivity contribution is 7.99. The first-order valence-corrected chi connectivity index (χ1v) is 12.3. The first-order chi connectivity index (χ1) is 15.6. The van der Waals surface area contributed by atoms with Crippen LogP contribution in [-0.2, 0) is 21.9 Å². The molecule has 0 heterocycles. The van der Waals surface area contributed by atoms with Gasteiger partial charge >= 0.3 is 0 Å². The van der Waals surface area contributed by atoms with Crippen LogP contribution in [0.3, 0.4) is 0 Å². The molecule has 2 aromatic rings. The highest BCUT2D eigenvalue weighted by Gasteiger charge is 2.30. The lowest BCUT2D eigenvalue weighted by atomic mass is 10.1. The number of halogens is 2. The molecule has 0 aliphatic carbocycles. The summed E-state index contributed by atoms with van der Waals surface area (Å²) >= 11 is 7.38. The van der Waals surface area contributed by atoms with E-state index in [0.717, 1.165) is 5.56 Å². The highest BCUT2D eigenvalue weighted by atomic mass is 35.5. The molecule has 0 saturated heterocycles. The van der Waals surface area contributed by atoms with Crippen LogP contribution < -0.4 is 10.1 Å². The fourth-order valence-corrected chi connectivity index (χ4v) is 4.58. The molecule has 2 rings (SSSR count). The summed E-state index contributed by atoms with van der Waals surface area (Å²) in [6, 6.07) is 11.3. The molecule has 1 atom stereocenters. The van der Waals surface area contributed by atoms with E-state index in [4.69, 9.17) is 16.3 Å². The van der Waals surface area contributed by atoms with E-state index in [2.05, 4.69) is 5.32 Å². The first kappa shape index (κ1) is 27.0. The van der Waals surface area contributed by atoms with Crippen LogP contribution in [0.5, 0.6) is 5.75 Å². The van der Waals surface area contributed by atoms with E-state index in [1.54, 1.807) is 24.1 Å². The third-order valence-electron chi connectivity index (χ3n) is 4.90. The molecule has 0 saturated carbocycles. The van der Waals surface area contributed by atoms with Gasteiger partial charge in [-0.3, -0.25) is 9.59 Å². The molecule has 180 valence electrons. The van der Waals surface area contributed by atoms with Gasteiger partial charge in [0, 0.05) is 28.4 Å². The fraction of sp³-hybridized carbons (Fsp3) is 0.440. The molecule has 2 amide bonds. The van der Waals surface area contributed by atoms with Crippen LogP contribution in [-0.4, -0.2) is 41.2 Å². The van der Waals surface area contributed by atoms with Crippen LogP contribution in [0.1, 0.15) is 45.2 Å². The number of hydrogen-bond donors (Lipinski definition) is 1. The topological polar surface area (TPSA) is 58.6 Å². The molecule has 8 heteroatoms. The summed E-state index contributed by atoms with van der Waals surface area (Å²) in [5.41, 5.74) is 0.798. The van der Waals surface area contributed by atoms with Gasteiger partial charge < -0.3 is 15.0 Å². The van der Waals surface area contributed by atoms with Crippen LogP contribution in [0, 0.1) is 5.82 Å². The Morgan fingerprint density at radius 3 is 2.52 bits per heavy atom. The SMILES string of the molecule is CC[C@@H](C(=O)NC(C)(C)C)N(Cc1cccc(OC)c1)C(=O)CSCc1c(F)cccc1Cl. The quantitative estimate of drug-likeness (QED) is 0.477. The van der Waals surface area contributed by atoms with Gasteiger partial charge in [-0.15, -0.1) is 11.8 Å². The third-order valence-corrected chi connectivity index (χ3v) is 6.20. The Hall–Kier alpha value is -2.25. The van der Waals surface area contributed by atoms with Crippen LogP contribution >= 0.6 is 23.4 Å². The zero-order valence-electron chi connectivity index (χ0n) is 19.8. The number of nitrogens with one attached hydrogen (secondary N) is 1. The van der Waals surface area contributed by atoms with Crippen molar-refractivity contribution in [2.75, 3.05) is 12.9 Å². The minimum atomic E-state index is -0.638. The van der Waals surface area contributed by atoms with E-state index in [-0.39, 0.29) is 29.9 Å². The lowest BCUT2D eigenvalue weighted by Gasteiger charge is -2.33. The maximum absolute atomic E-state index is 14.1. The van der Waals surface area contributed by atoms with Gasteiger partial charge in [-0.05, 0) is 57.0 Å². The van der Waals surface area contributed by atoms with Gasteiger partial charge in [-0.1, -0.05) is 36.7 Å². The fourth-order valence-electron chi connectivity index (χ4n) is 3.33. The molecular weight excluding hydrogens is 463 g/mol. The zero-order chi connectivity index (χ0) is 24.6. The highest BCUT2D eigenvalue weighted by Crippen LogP contribution is 2.25. The summed E-state index contributed by atoms with van der Waals surface area (Å²) in [6.45, 7) is 7.84. The summed E-state index contributed by atoms with van der Waals surface area (Å²) in [5, 5.41) is 3.31. The van der Waals surface area contributed by atoms with Crippen LogP contribution in [0.25, 0.3) is 0 Å². The van der Waals surface area contributed by atoms with Gasteiger partial charge in [-0.25, -0.2) is 4.39 Å². The Kier molecular flexibility index (Phi) is 10.0. The Bertz CT molecular complexity index is 945. The van der Waals surface area contributed by atoms with Crippen LogP contribution in [0.2, 0.25) is 5.02 Å². The molecule has 5 nitrogen and oxygen atoms in total. The predicted molar refractivity (Wildman–Crippen MR) is 133 cm³/mol. The average Bonchev–Trinajstić information content (AvgIpc) is 2.74. The number of carbonyl (C=O) groups is 2. The molecule has 0 spiro atoms. The zero-order valence-corrected chi connectivity index (χ0v) is 21.4. The van der Waals surface area contributed by atoms with Gasteiger partial charge in [0.2, 0.25) is 11.8 Å². The predicted octanol–water partition coefficient (Wildman–Crippen LogP) is 5.44. The molecular formula is C25H32ClFN2O3S. The number of ether oxygens (including phenoxy) is 1. The molecule has 33 heavy (non-hydrogen) atoms. The third kappa shape index (κ3) is 8.23. The molecule has 0 aromatic heterocycles. The minimum absolute atomic E-state index is 0.0912. The van der Waals surface area contributed by atoms with E-state index in [1.165, 1.54) is 17.8 Å². The van der Waals surface area contributed by atoms with Crippen LogP contribution in [0.4, 0.5) is 4.39 Å². The van der Waals surface area contributed by atoms with Crippen molar-refractivity contribution >= 4 is 35.2 Å². The van der Waals surface area contributed by atoms with Gasteiger partial charge in [0.1, 0.15) is 17.6 Å². The van der Waals surface area contributed by atoms with E-state index in [1.807, 2.05) is 52.0 Å². The molecule has 0 aliphatic heterocycles. The van der Waals surface area contributed by atoms with Crippen molar-refractivity contribution in [3.63, 3.8) is 0 Å². The Balaban J connectivity index is 2.22. The monoisotopic (exact) mass is 494 g/mol. The van der Waals surface area contributed by atoms with Crippen molar-refractivity contribution in [3.05, 3.63) is 64.4 Å². The number of benzene rings is 2. The van der Waals surface area contributed by atoms with E-state index in [9.17, 15) is 14.0 Å². The standard InChI is InChI=1S/C25H32ClFN2O3S/c1-6-22(24(31)28-25(2,3)4)29(14-17-9-7-10-18(13-17)32-5)23(30)16-33-15-19-20(26)11-8-12-21(19)27/h7-13,22H,6,14-16H2,1-5H3,(H,28,31)/t22-/m0/s1. The Morgan fingerprint density at radius 2 is 1.91 bits per heavy atom. The summed E-state index contributed by atoms with van der Waals surface area (Å²) in [4.78, 5) is 27.9. The molecule has 1 N–H and O–H groups in total. The first-order valence-electron chi connectivity index (χ1n) is 10.8. The molecule has 0 aliphatic rings. The number of hydrogen-bond acceptors (Lipinski definition) is 4. The Morgan fingerprint density at radius 1 is 1.21 bits per heavy atom. The van der Waals surface area contributed by atoms with E-state index in [0.29, 0.717) is 22.8 Å². The average molecular weight is 495 g/mol. The van der Waals surface area contributed by atoms with Crippen LogP contribution in [0.15, 0.2) is 42.5 Å². The summed E-state index contributed by atoms with van der Waals surface area (Å²) < 4.78 is 19.4. The van der Waals surface area contributed by atoms with E-state index < -0.39 is 17.4 Å². The lowest BCUT2D eigenvalue weighted by molar-refractivity contribution is -0.140. The summed E-state index contributed by atoms with van der Waals surface area (Å²) in [6.07, 6.45) is 0.460. The maximum Gasteiger partial charge on any atom is 0.243 e. The van der Waals surface area contributed by atoms with Gasteiger partial charge in [-0.2, -0.15) is 0 Å². The molecule has 0 unspecified atom stereocenters. The second kappa shape index (κ2) is 12.3. The largest absolute Gasteiger partial charge is 0.497 e. The summed E-state index contributed by atoms with van der Waals surface area (Å²) in [5.74, 6) is 0.223. The maximum atomic E-state index is 14.1. The van der Waals surface area contributed by atoms with Crippen molar-refractivity contribution < 1.29 is 18.7 Å². The van der Waals surface area contributed by atoms with Crippen molar-refractivity contribution in [1.29, 1.82) is 0 Å². The smallest absolute Gasteiger partial charge is 0.243 e.